The fourth-order valence-electron chi connectivity index (χ4n) is 8.79. The molecule has 0 bridgehead atoms. The third kappa shape index (κ3) is 10.2. The van der Waals surface area contributed by atoms with Crippen LogP contribution in [0.25, 0.3) is 22.4 Å². The molecule has 5 aromatic rings. The van der Waals surface area contributed by atoms with Gasteiger partial charge in [-0.3, -0.25) is 39.0 Å². The number of ether oxygens (including phenoxy) is 4. The van der Waals surface area contributed by atoms with Gasteiger partial charge in [-0.15, -0.1) is 5.10 Å². The predicted octanol–water partition coefficient (Wildman–Crippen LogP) is 2.17. The molecule has 3 N–H and O–H groups in total. The lowest BCUT2D eigenvalue weighted by molar-refractivity contribution is -0.136. The van der Waals surface area contributed by atoms with Crippen molar-refractivity contribution in [2.24, 2.45) is 4.36 Å². The number of carbonyl (C=O) groups is 6. The number of aromatic nitrogens is 7. The van der Waals surface area contributed by atoms with E-state index in [0.717, 1.165) is 15.8 Å². The Labute approximate surface area is 401 Å². The minimum atomic E-state index is -3.10. The smallest absolute Gasteiger partial charge is 0.264 e. The highest BCUT2D eigenvalue weighted by Gasteiger charge is 2.54. The third-order valence-corrected chi connectivity index (χ3v) is 15.2. The van der Waals surface area contributed by atoms with Gasteiger partial charge in [0.05, 0.1) is 102 Å². The van der Waals surface area contributed by atoms with E-state index in [9.17, 15) is 33.0 Å². The fourth-order valence-corrected chi connectivity index (χ4v) is 10.8. The molecule has 3 fully saturated rings. The Hall–Kier alpha value is -6.86. The van der Waals surface area contributed by atoms with E-state index in [4.69, 9.17) is 28.9 Å². The molecule has 9 rings (SSSR count). The molecule has 70 heavy (non-hydrogen) atoms. The van der Waals surface area contributed by atoms with Crippen LogP contribution in [0, 0.1) is 0 Å². The number of nitrogens with one attached hydrogen (secondary N) is 3. The molecule has 368 valence electrons. The van der Waals surface area contributed by atoms with Gasteiger partial charge in [0.15, 0.2) is 5.82 Å². The van der Waals surface area contributed by atoms with Crippen molar-refractivity contribution in [1.29, 1.82) is 0 Å². The number of rotatable bonds is 20. The molecule has 3 atom stereocenters. The molecule has 1 aromatic carbocycles. The number of pyridine rings is 1. The van der Waals surface area contributed by atoms with Crippen molar-refractivity contribution in [2.75, 3.05) is 75.9 Å². The molecule has 6 amide bonds. The molecule has 4 aromatic heterocycles. The van der Waals surface area contributed by atoms with Gasteiger partial charge >= 0.3 is 0 Å². The molecule has 23 nitrogen and oxygen atoms in total. The van der Waals surface area contributed by atoms with Crippen molar-refractivity contribution < 1.29 is 51.9 Å². The second kappa shape index (κ2) is 20.6. The number of aryl methyl sites for hydroxylation is 1. The Morgan fingerprint density at radius 3 is 2.59 bits per heavy atom. The number of nitrogens with zero attached hydrogens (tertiary/aromatic N) is 9. The normalized spacial score (nSPS) is 19.5. The summed E-state index contributed by atoms with van der Waals surface area (Å²) in [7, 11) is -3.10. The summed E-state index contributed by atoms with van der Waals surface area (Å²) in [6.07, 6.45) is 8.18. The van der Waals surface area contributed by atoms with Crippen LogP contribution in [0.3, 0.4) is 0 Å². The number of carbonyl (C=O) groups excluding carboxylic acids is 6. The summed E-state index contributed by atoms with van der Waals surface area (Å²) in [5.41, 5.74) is 2.78. The monoisotopic (exact) mass is 980 g/mol. The summed E-state index contributed by atoms with van der Waals surface area (Å²) < 4.78 is 41.8. The van der Waals surface area contributed by atoms with E-state index in [1.165, 1.54) is 18.2 Å². The third-order valence-electron chi connectivity index (χ3n) is 12.6. The molecule has 1 saturated carbocycles. The van der Waals surface area contributed by atoms with Crippen molar-refractivity contribution in [2.45, 2.75) is 68.8 Å². The Bertz CT molecular complexity index is 2980. The van der Waals surface area contributed by atoms with Crippen LogP contribution in [0.15, 0.2) is 59.4 Å². The van der Waals surface area contributed by atoms with Crippen LogP contribution in [-0.4, -0.2) is 157 Å². The van der Waals surface area contributed by atoms with E-state index in [1.807, 2.05) is 24.4 Å². The van der Waals surface area contributed by atoms with Crippen LogP contribution in [0.5, 0.6) is 0 Å². The molecule has 1 unspecified atom stereocenters. The summed E-state index contributed by atoms with van der Waals surface area (Å²) in [4.78, 5) is 96.8. The van der Waals surface area contributed by atoms with Gasteiger partial charge in [0.1, 0.15) is 24.1 Å². The van der Waals surface area contributed by atoms with Crippen molar-refractivity contribution in [3.8, 4) is 11.4 Å². The highest BCUT2D eigenvalue weighted by molar-refractivity contribution is 7.94. The second-order valence-corrected chi connectivity index (χ2v) is 20.0. The number of amides is 6. The molecular weight excluding hydrogens is 929 g/mol. The number of anilines is 2. The fraction of sp³-hybridized carbons (Fsp3) is 0.457. The summed E-state index contributed by atoms with van der Waals surface area (Å²) in [6, 6.07) is 9.05. The summed E-state index contributed by atoms with van der Waals surface area (Å²) in [6.45, 7) is 4.99. The lowest BCUT2D eigenvalue weighted by atomic mass is 10.0. The number of hydrogen-bond acceptors (Lipinski definition) is 17. The number of imide groups is 2. The first-order valence-corrected chi connectivity index (χ1v) is 24.9. The van der Waals surface area contributed by atoms with E-state index in [1.54, 1.807) is 23.3 Å². The largest absolute Gasteiger partial charge is 0.377 e. The minimum absolute atomic E-state index is 0.000887. The lowest BCUT2D eigenvalue weighted by Gasteiger charge is -2.35. The maximum atomic E-state index is 14.5. The van der Waals surface area contributed by atoms with Crippen LogP contribution in [0.4, 0.5) is 11.5 Å². The van der Waals surface area contributed by atoms with Crippen LogP contribution in [0.1, 0.15) is 71.1 Å². The number of fused-ring (bicyclic) bond motifs is 2. The second-order valence-electron chi connectivity index (χ2n) is 17.4. The molecule has 2 saturated heterocycles. The van der Waals surface area contributed by atoms with E-state index in [-0.39, 0.29) is 81.6 Å². The van der Waals surface area contributed by atoms with Gasteiger partial charge in [0.2, 0.25) is 17.7 Å². The Kier molecular flexibility index (Phi) is 14.2. The molecule has 0 spiro atoms. The first kappa shape index (κ1) is 48.2. The summed E-state index contributed by atoms with van der Waals surface area (Å²) >= 11 is 0. The highest BCUT2D eigenvalue weighted by atomic mass is 32.2. The number of morpholine rings is 1. The van der Waals surface area contributed by atoms with Crippen molar-refractivity contribution in [3.63, 3.8) is 0 Å². The van der Waals surface area contributed by atoms with Crippen LogP contribution in [0.2, 0.25) is 0 Å². The first-order chi connectivity index (χ1) is 33.8. The molecule has 3 aliphatic heterocycles. The lowest BCUT2D eigenvalue weighted by Crippen LogP contribution is -2.54. The van der Waals surface area contributed by atoms with Crippen molar-refractivity contribution >= 4 is 67.7 Å². The van der Waals surface area contributed by atoms with Gasteiger partial charge in [0, 0.05) is 67.7 Å². The highest BCUT2D eigenvalue weighted by Crippen LogP contribution is 2.53. The zero-order valence-corrected chi connectivity index (χ0v) is 39.4. The summed E-state index contributed by atoms with van der Waals surface area (Å²) in [5.74, 6) is -2.48. The molecule has 24 heteroatoms. The van der Waals surface area contributed by atoms with Crippen LogP contribution < -0.4 is 15.5 Å². The van der Waals surface area contributed by atoms with Gasteiger partial charge in [0.25, 0.3) is 17.7 Å². The van der Waals surface area contributed by atoms with E-state index < -0.39 is 56.0 Å². The average molecular weight is 981 g/mol. The van der Waals surface area contributed by atoms with E-state index >= 15 is 0 Å². The van der Waals surface area contributed by atoms with Crippen LogP contribution in [-0.2, 0) is 65.6 Å². The number of benzene rings is 1. The molecule has 4 aliphatic rings. The number of H-pyrrole nitrogens is 1. The van der Waals surface area contributed by atoms with Crippen molar-refractivity contribution in [3.05, 3.63) is 77.5 Å². The predicted molar refractivity (Wildman–Crippen MR) is 250 cm³/mol. The maximum absolute atomic E-state index is 14.5. The first-order valence-electron chi connectivity index (χ1n) is 23.0. The minimum Gasteiger partial charge on any atom is -0.377 e. The topological polar surface area (TPSA) is 284 Å². The van der Waals surface area contributed by atoms with Crippen molar-refractivity contribution in [1.82, 2.24) is 45.1 Å². The van der Waals surface area contributed by atoms with Crippen LogP contribution >= 0.6 is 0 Å². The number of piperidine rings is 1. The van der Waals surface area contributed by atoms with Gasteiger partial charge in [-0.2, -0.15) is 4.36 Å². The van der Waals surface area contributed by atoms with Gasteiger partial charge < -0.3 is 34.1 Å². The number of hydrogen-bond donors (Lipinski definition) is 3. The Balaban J connectivity index is 0.691. The summed E-state index contributed by atoms with van der Waals surface area (Å²) in [5, 5.41) is 13.9. The SMILES string of the molecule is C[C@@H]1COCCN1c1cc(C2([S@@](C)(=O)=NC(=O)CCc3cn(CCOCCOCCOCC(=O)Nc4cccc5c4C(=O)N(C4CCC(=O)NC4=O)C5=O)nn3)CC2)nc(-c2ccnc3[nH]ccc23)n1. The number of aromatic amines is 1. The van der Waals surface area contributed by atoms with Gasteiger partial charge in [-0.05, 0) is 50.5 Å². The maximum Gasteiger partial charge on any atom is 0.264 e. The van der Waals surface area contributed by atoms with E-state index in [0.29, 0.717) is 74.4 Å². The Morgan fingerprint density at radius 2 is 1.80 bits per heavy atom. The van der Waals surface area contributed by atoms with Gasteiger partial charge in [-0.25, -0.2) is 23.8 Å². The Morgan fingerprint density at radius 1 is 1.00 bits per heavy atom. The zero-order chi connectivity index (χ0) is 49.0. The van der Waals surface area contributed by atoms with Gasteiger partial charge in [-0.1, -0.05) is 11.3 Å². The molecule has 1 aliphatic carbocycles. The molecule has 0 radical (unpaired) electrons. The average Bonchev–Trinajstić information content (AvgIpc) is 3.69. The molecular formula is C46H52N12O11S. The molecule has 7 heterocycles. The quantitative estimate of drug-likeness (QED) is 0.0744. The van der Waals surface area contributed by atoms with E-state index in [2.05, 4.69) is 47.1 Å². The zero-order valence-electron chi connectivity index (χ0n) is 38.6. The standard InChI is InChI=1S/C46H52N12O11S/c1-28-26-68-19-17-57(28)36-24-35(50-42(51-36)31-11-15-48-41-30(31)10-14-47-41)46(12-13-46)70(2,65)54-38(60)8-6-29-25-56(55-53-29)16-18-66-20-21-67-22-23-69-27-39(61)49-33-5-3-4-32-40(33)45(64)58(44(32)63)34-7-9-37(59)52-43(34)62/h3-5,10-11,14-15,24-25,28,34H,6-9,12-13,16-23,26-27H2,1-2H3,(H,47,48)(H,49,61)(H,52,59,62)/t28-,34?,70-/m1/s1.